The predicted molar refractivity (Wildman–Crippen MR) is 69.0 cm³/mol. The van der Waals surface area contributed by atoms with Crippen molar-refractivity contribution in [3.05, 3.63) is 34.9 Å². The van der Waals surface area contributed by atoms with Crippen LogP contribution in [0.3, 0.4) is 0 Å². The van der Waals surface area contributed by atoms with Crippen molar-refractivity contribution in [3.8, 4) is 0 Å². The highest BCUT2D eigenvalue weighted by Crippen LogP contribution is 2.39. The Balaban J connectivity index is 1.87. The molecule has 2 rings (SSSR count). The first kappa shape index (κ1) is 12.4. The Bertz CT molecular complexity index is 416. The Morgan fingerprint density at radius 3 is 2.71 bits per heavy atom. The molecule has 0 bridgehead atoms. The minimum atomic E-state index is -0.300. The number of carbonyl (C=O) groups is 1. The van der Waals surface area contributed by atoms with Crippen molar-refractivity contribution in [2.45, 2.75) is 37.8 Å². The number of rotatable bonds is 4. The molecule has 1 saturated carbocycles. The minimum Gasteiger partial charge on any atom is -0.368 e. The lowest BCUT2D eigenvalue weighted by molar-refractivity contribution is -0.120. The second-order valence-corrected chi connectivity index (χ2v) is 5.08. The molecule has 1 aromatic rings. The Morgan fingerprint density at radius 1 is 1.47 bits per heavy atom. The standard InChI is InChI=1S/C13H17ClN2O/c1-8(13(15)17)16-10-6-9(7-10)11-4-2-3-5-12(11)14/h2-5,8-10,16H,6-7H2,1H3,(H2,15,17). The summed E-state index contributed by atoms with van der Waals surface area (Å²) in [6.45, 7) is 1.80. The molecule has 3 nitrogen and oxygen atoms in total. The first-order valence-electron chi connectivity index (χ1n) is 5.87. The molecule has 3 N–H and O–H groups in total. The largest absolute Gasteiger partial charge is 0.368 e. The van der Waals surface area contributed by atoms with Crippen LogP contribution in [0.2, 0.25) is 5.02 Å². The summed E-state index contributed by atoms with van der Waals surface area (Å²) in [6.07, 6.45) is 2.03. The zero-order valence-electron chi connectivity index (χ0n) is 9.82. The van der Waals surface area contributed by atoms with Crippen molar-refractivity contribution < 1.29 is 4.79 Å². The van der Waals surface area contributed by atoms with Gasteiger partial charge in [-0.3, -0.25) is 4.79 Å². The third-order valence-electron chi connectivity index (χ3n) is 3.40. The van der Waals surface area contributed by atoms with Crippen molar-refractivity contribution >= 4 is 17.5 Å². The third kappa shape index (κ3) is 2.79. The van der Waals surface area contributed by atoms with Crippen LogP contribution in [0.25, 0.3) is 0 Å². The molecule has 0 radical (unpaired) electrons. The number of nitrogens with two attached hydrogens (primary N) is 1. The van der Waals surface area contributed by atoms with Gasteiger partial charge in [0.15, 0.2) is 0 Å². The molecular formula is C13H17ClN2O. The van der Waals surface area contributed by atoms with Gasteiger partial charge < -0.3 is 11.1 Å². The zero-order chi connectivity index (χ0) is 12.4. The van der Waals surface area contributed by atoms with E-state index in [1.165, 1.54) is 5.56 Å². The van der Waals surface area contributed by atoms with Crippen molar-refractivity contribution in [3.63, 3.8) is 0 Å². The van der Waals surface area contributed by atoms with Gasteiger partial charge in [0.1, 0.15) is 0 Å². The fourth-order valence-electron chi connectivity index (χ4n) is 2.25. The predicted octanol–water partition coefficient (Wildman–Crippen LogP) is 2.05. The van der Waals surface area contributed by atoms with Crippen LogP contribution in [0, 0.1) is 0 Å². The highest BCUT2D eigenvalue weighted by Gasteiger charge is 2.32. The van der Waals surface area contributed by atoms with Gasteiger partial charge in [0.2, 0.25) is 5.91 Å². The summed E-state index contributed by atoms with van der Waals surface area (Å²) in [7, 11) is 0. The van der Waals surface area contributed by atoms with Crippen molar-refractivity contribution in [2.75, 3.05) is 0 Å². The molecule has 92 valence electrons. The van der Waals surface area contributed by atoms with Gasteiger partial charge in [0.05, 0.1) is 6.04 Å². The summed E-state index contributed by atoms with van der Waals surface area (Å²) < 4.78 is 0. The van der Waals surface area contributed by atoms with Crippen LogP contribution in [0.15, 0.2) is 24.3 Å². The van der Waals surface area contributed by atoms with E-state index in [2.05, 4.69) is 11.4 Å². The van der Waals surface area contributed by atoms with Crippen LogP contribution in [0.4, 0.5) is 0 Å². The molecule has 1 aromatic carbocycles. The van der Waals surface area contributed by atoms with Crippen LogP contribution in [-0.2, 0) is 4.79 Å². The van der Waals surface area contributed by atoms with Gasteiger partial charge >= 0.3 is 0 Å². The average molecular weight is 253 g/mol. The average Bonchev–Trinajstić information content (AvgIpc) is 2.24. The van der Waals surface area contributed by atoms with E-state index in [4.69, 9.17) is 17.3 Å². The summed E-state index contributed by atoms with van der Waals surface area (Å²) in [5, 5.41) is 4.05. The second-order valence-electron chi connectivity index (χ2n) is 4.68. The summed E-state index contributed by atoms with van der Waals surface area (Å²) >= 11 is 6.14. The molecule has 1 aliphatic rings. The number of primary amides is 1. The summed E-state index contributed by atoms with van der Waals surface area (Å²) in [4.78, 5) is 10.9. The van der Waals surface area contributed by atoms with Gasteiger partial charge in [-0.1, -0.05) is 29.8 Å². The summed E-state index contributed by atoms with van der Waals surface area (Å²) in [6, 6.07) is 8.05. The topological polar surface area (TPSA) is 55.1 Å². The van der Waals surface area contributed by atoms with E-state index >= 15 is 0 Å². The maximum atomic E-state index is 10.9. The van der Waals surface area contributed by atoms with Crippen LogP contribution in [0.5, 0.6) is 0 Å². The summed E-state index contributed by atoms with van der Waals surface area (Å²) in [5.41, 5.74) is 6.42. The lowest BCUT2D eigenvalue weighted by Gasteiger charge is -2.38. The Kier molecular flexibility index (Phi) is 3.69. The molecule has 1 aliphatic carbocycles. The van der Waals surface area contributed by atoms with Crippen LogP contribution in [0.1, 0.15) is 31.2 Å². The molecule has 0 heterocycles. The number of halogens is 1. The van der Waals surface area contributed by atoms with Gasteiger partial charge in [-0.15, -0.1) is 0 Å². The fourth-order valence-corrected chi connectivity index (χ4v) is 2.54. The van der Waals surface area contributed by atoms with Crippen LogP contribution in [-0.4, -0.2) is 18.0 Å². The first-order chi connectivity index (χ1) is 8.08. The lowest BCUT2D eigenvalue weighted by atomic mass is 9.75. The number of hydrogen-bond acceptors (Lipinski definition) is 2. The number of nitrogens with one attached hydrogen (secondary N) is 1. The van der Waals surface area contributed by atoms with Crippen molar-refractivity contribution in [1.29, 1.82) is 0 Å². The van der Waals surface area contributed by atoms with Crippen molar-refractivity contribution in [1.82, 2.24) is 5.32 Å². The van der Waals surface area contributed by atoms with E-state index < -0.39 is 0 Å². The molecule has 1 amide bonds. The molecule has 0 saturated heterocycles. The molecule has 0 aliphatic heterocycles. The molecular weight excluding hydrogens is 236 g/mol. The maximum Gasteiger partial charge on any atom is 0.234 e. The maximum absolute atomic E-state index is 10.9. The van der Waals surface area contributed by atoms with Crippen LogP contribution >= 0.6 is 11.6 Å². The number of carbonyl (C=O) groups excluding carboxylic acids is 1. The molecule has 0 aromatic heterocycles. The minimum absolute atomic E-state index is 0.257. The summed E-state index contributed by atoms with van der Waals surface area (Å²) in [5.74, 6) is 0.201. The number of benzene rings is 1. The molecule has 1 atom stereocenters. The van der Waals surface area contributed by atoms with Crippen LogP contribution < -0.4 is 11.1 Å². The normalized spacial score (nSPS) is 25.1. The lowest BCUT2D eigenvalue weighted by Crippen LogP contribution is -2.49. The Hall–Kier alpha value is -1.06. The quantitative estimate of drug-likeness (QED) is 0.862. The van der Waals surface area contributed by atoms with E-state index in [1.54, 1.807) is 6.92 Å². The fraction of sp³-hybridized carbons (Fsp3) is 0.462. The third-order valence-corrected chi connectivity index (χ3v) is 3.74. The SMILES string of the molecule is CC(NC1CC(c2ccccc2Cl)C1)C(N)=O. The Morgan fingerprint density at radius 2 is 2.12 bits per heavy atom. The van der Waals surface area contributed by atoms with E-state index in [0.717, 1.165) is 17.9 Å². The van der Waals surface area contributed by atoms with Gasteiger partial charge in [0.25, 0.3) is 0 Å². The zero-order valence-corrected chi connectivity index (χ0v) is 10.6. The second kappa shape index (κ2) is 5.07. The van der Waals surface area contributed by atoms with Gasteiger partial charge in [0, 0.05) is 11.1 Å². The van der Waals surface area contributed by atoms with Crippen molar-refractivity contribution in [2.24, 2.45) is 5.73 Å². The molecule has 0 spiro atoms. The highest BCUT2D eigenvalue weighted by molar-refractivity contribution is 6.31. The first-order valence-corrected chi connectivity index (χ1v) is 6.25. The van der Waals surface area contributed by atoms with E-state index in [-0.39, 0.29) is 11.9 Å². The number of hydrogen-bond donors (Lipinski definition) is 2. The smallest absolute Gasteiger partial charge is 0.234 e. The molecule has 4 heteroatoms. The van der Waals surface area contributed by atoms with Gasteiger partial charge in [-0.05, 0) is 37.3 Å². The number of amides is 1. The molecule has 1 fully saturated rings. The Labute approximate surface area is 106 Å². The van der Waals surface area contributed by atoms with Gasteiger partial charge in [-0.2, -0.15) is 0 Å². The van der Waals surface area contributed by atoms with Gasteiger partial charge in [-0.25, -0.2) is 0 Å². The van der Waals surface area contributed by atoms with E-state index in [9.17, 15) is 4.79 Å². The van der Waals surface area contributed by atoms with E-state index in [1.807, 2.05) is 18.2 Å². The monoisotopic (exact) mass is 252 g/mol. The molecule has 1 unspecified atom stereocenters. The van der Waals surface area contributed by atoms with E-state index in [0.29, 0.717) is 12.0 Å². The molecule has 17 heavy (non-hydrogen) atoms. The highest BCUT2D eigenvalue weighted by atomic mass is 35.5.